The minimum atomic E-state index is 0.592. The summed E-state index contributed by atoms with van der Waals surface area (Å²) in [6, 6.07) is 8.65. The quantitative estimate of drug-likeness (QED) is 0.865. The van der Waals surface area contributed by atoms with Gasteiger partial charge in [-0.3, -0.25) is 4.68 Å². The van der Waals surface area contributed by atoms with Gasteiger partial charge in [-0.2, -0.15) is 5.10 Å². The second kappa shape index (κ2) is 6.52. The molecule has 1 aliphatic carbocycles. The molecule has 0 amide bonds. The molecule has 0 bridgehead atoms. The van der Waals surface area contributed by atoms with Crippen molar-refractivity contribution in [3.05, 3.63) is 46.7 Å². The summed E-state index contributed by atoms with van der Waals surface area (Å²) in [5.41, 5.74) is 3.24. The van der Waals surface area contributed by atoms with Gasteiger partial charge in [0.2, 0.25) is 0 Å². The summed E-state index contributed by atoms with van der Waals surface area (Å²) < 4.78 is 2.15. The van der Waals surface area contributed by atoms with Crippen molar-refractivity contribution in [1.82, 2.24) is 9.78 Å². The zero-order valence-electron chi connectivity index (χ0n) is 12.5. The van der Waals surface area contributed by atoms with E-state index in [-0.39, 0.29) is 0 Å². The van der Waals surface area contributed by atoms with Crippen LogP contribution in [0, 0.1) is 6.92 Å². The van der Waals surface area contributed by atoms with Crippen LogP contribution in [0.25, 0.3) is 0 Å². The van der Waals surface area contributed by atoms with Gasteiger partial charge in [-0.05, 0) is 37.5 Å². The molecular formula is C17H22ClN3. The number of aryl methyl sites for hydroxylation is 1. The van der Waals surface area contributed by atoms with E-state index in [2.05, 4.69) is 35.3 Å². The largest absolute Gasteiger partial charge is 0.378 e. The van der Waals surface area contributed by atoms with Crippen LogP contribution >= 0.6 is 11.6 Å². The van der Waals surface area contributed by atoms with Crippen molar-refractivity contribution >= 4 is 17.3 Å². The smallest absolute Gasteiger partial charge is 0.0815 e. The van der Waals surface area contributed by atoms with Gasteiger partial charge in [0.15, 0.2) is 0 Å². The van der Waals surface area contributed by atoms with Crippen molar-refractivity contribution in [2.24, 2.45) is 0 Å². The molecule has 3 rings (SSSR count). The van der Waals surface area contributed by atoms with Gasteiger partial charge in [-0.1, -0.05) is 43.0 Å². The number of halogens is 1. The van der Waals surface area contributed by atoms with Crippen molar-refractivity contribution in [3.63, 3.8) is 0 Å². The fraction of sp³-hybridized carbons (Fsp3) is 0.471. The van der Waals surface area contributed by atoms with Crippen LogP contribution in [0.4, 0.5) is 5.69 Å². The number of benzene rings is 1. The van der Waals surface area contributed by atoms with Crippen LogP contribution in [0.2, 0.25) is 5.02 Å². The third-order valence-corrected chi connectivity index (χ3v) is 4.60. The molecule has 1 fully saturated rings. The van der Waals surface area contributed by atoms with Crippen molar-refractivity contribution in [1.29, 1.82) is 0 Å². The molecule has 1 aromatic carbocycles. The van der Waals surface area contributed by atoms with Crippen LogP contribution in [0.5, 0.6) is 0 Å². The second-order valence-corrected chi connectivity index (χ2v) is 6.27. The third kappa shape index (κ3) is 3.41. The van der Waals surface area contributed by atoms with Gasteiger partial charge in [0.1, 0.15) is 0 Å². The molecule has 0 saturated heterocycles. The summed E-state index contributed by atoms with van der Waals surface area (Å²) in [6.07, 6.45) is 8.68. The average Bonchev–Trinajstić information content (AvgIpc) is 2.97. The van der Waals surface area contributed by atoms with Crippen LogP contribution in [-0.2, 0) is 6.54 Å². The van der Waals surface area contributed by atoms with Gasteiger partial charge in [-0.25, -0.2) is 0 Å². The first-order chi connectivity index (χ1) is 10.2. The van der Waals surface area contributed by atoms with Crippen molar-refractivity contribution in [2.75, 3.05) is 5.32 Å². The van der Waals surface area contributed by atoms with Gasteiger partial charge in [-0.15, -0.1) is 0 Å². The highest BCUT2D eigenvalue weighted by atomic mass is 35.5. The normalized spacial score (nSPS) is 16.1. The Morgan fingerprint density at radius 2 is 2.05 bits per heavy atom. The summed E-state index contributed by atoms with van der Waals surface area (Å²) in [5, 5.41) is 8.89. The number of nitrogens with one attached hydrogen (secondary N) is 1. The summed E-state index contributed by atoms with van der Waals surface area (Å²) in [6.45, 7) is 2.78. The lowest BCUT2D eigenvalue weighted by Gasteiger charge is -2.21. The molecule has 1 aliphatic rings. The predicted molar refractivity (Wildman–Crippen MR) is 87.9 cm³/mol. The zero-order chi connectivity index (χ0) is 14.7. The van der Waals surface area contributed by atoms with Gasteiger partial charge in [0, 0.05) is 6.20 Å². The summed E-state index contributed by atoms with van der Waals surface area (Å²) in [4.78, 5) is 0. The Labute approximate surface area is 131 Å². The SMILES string of the molecule is Cc1cccc(Cl)c1NCc1ccn(C2CCCCC2)n1. The first kappa shape index (κ1) is 14.5. The molecule has 112 valence electrons. The van der Waals surface area contributed by atoms with Crippen LogP contribution in [0.15, 0.2) is 30.5 Å². The molecule has 1 aromatic heterocycles. The highest BCUT2D eigenvalue weighted by Crippen LogP contribution is 2.28. The Bertz CT molecular complexity index is 580. The maximum atomic E-state index is 6.23. The van der Waals surface area contributed by atoms with Gasteiger partial charge in [0.05, 0.1) is 29.0 Å². The number of para-hydroxylation sites is 1. The number of hydrogen-bond acceptors (Lipinski definition) is 2. The first-order valence-corrected chi connectivity index (χ1v) is 8.15. The summed E-state index contributed by atoms with van der Waals surface area (Å²) in [7, 11) is 0. The lowest BCUT2D eigenvalue weighted by Crippen LogP contribution is -2.14. The van der Waals surface area contributed by atoms with Crippen LogP contribution in [0.1, 0.15) is 49.4 Å². The van der Waals surface area contributed by atoms with Gasteiger partial charge in [0.25, 0.3) is 0 Å². The maximum absolute atomic E-state index is 6.23. The molecule has 0 atom stereocenters. The molecule has 1 N–H and O–H groups in total. The van der Waals surface area contributed by atoms with E-state index in [1.54, 1.807) is 0 Å². The van der Waals surface area contributed by atoms with E-state index in [1.807, 2.05) is 12.1 Å². The number of anilines is 1. The lowest BCUT2D eigenvalue weighted by molar-refractivity contribution is 0.328. The zero-order valence-corrected chi connectivity index (χ0v) is 13.2. The topological polar surface area (TPSA) is 29.9 Å². The molecule has 0 aliphatic heterocycles. The van der Waals surface area contributed by atoms with E-state index in [4.69, 9.17) is 16.7 Å². The average molecular weight is 304 g/mol. The molecule has 4 heteroatoms. The molecule has 0 radical (unpaired) electrons. The van der Waals surface area contributed by atoms with Gasteiger partial charge < -0.3 is 5.32 Å². The molecule has 0 unspecified atom stereocenters. The number of nitrogens with zero attached hydrogens (tertiary/aromatic N) is 2. The molecule has 21 heavy (non-hydrogen) atoms. The van der Waals surface area contributed by atoms with Crippen LogP contribution in [0.3, 0.4) is 0 Å². The minimum Gasteiger partial charge on any atom is -0.378 e. The van der Waals surface area contributed by atoms with E-state index in [1.165, 1.54) is 32.1 Å². The predicted octanol–water partition coefficient (Wildman–Crippen LogP) is 4.96. The minimum absolute atomic E-state index is 0.592. The van der Waals surface area contributed by atoms with E-state index < -0.39 is 0 Å². The third-order valence-electron chi connectivity index (χ3n) is 4.28. The Hall–Kier alpha value is -1.48. The maximum Gasteiger partial charge on any atom is 0.0815 e. The van der Waals surface area contributed by atoms with Crippen LogP contribution in [-0.4, -0.2) is 9.78 Å². The Morgan fingerprint density at radius 3 is 2.81 bits per heavy atom. The monoisotopic (exact) mass is 303 g/mol. The fourth-order valence-corrected chi connectivity index (χ4v) is 3.34. The molecule has 1 saturated carbocycles. The Balaban J connectivity index is 1.64. The molecular weight excluding hydrogens is 282 g/mol. The van der Waals surface area contributed by atoms with Crippen molar-refractivity contribution in [2.45, 2.75) is 51.6 Å². The second-order valence-electron chi connectivity index (χ2n) is 5.86. The van der Waals surface area contributed by atoms with E-state index >= 15 is 0 Å². The summed E-state index contributed by atoms with van der Waals surface area (Å²) in [5.74, 6) is 0. The van der Waals surface area contributed by atoms with E-state index in [9.17, 15) is 0 Å². The molecule has 1 heterocycles. The molecule has 3 nitrogen and oxygen atoms in total. The van der Waals surface area contributed by atoms with Crippen molar-refractivity contribution in [3.8, 4) is 0 Å². The first-order valence-electron chi connectivity index (χ1n) is 7.77. The molecule has 0 spiro atoms. The lowest BCUT2D eigenvalue weighted by atomic mass is 9.96. The Kier molecular flexibility index (Phi) is 4.49. The number of rotatable bonds is 4. The van der Waals surface area contributed by atoms with Crippen LogP contribution < -0.4 is 5.32 Å². The van der Waals surface area contributed by atoms with Gasteiger partial charge >= 0.3 is 0 Å². The Morgan fingerprint density at radius 1 is 1.24 bits per heavy atom. The summed E-state index contributed by atoms with van der Waals surface area (Å²) >= 11 is 6.23. The highest BCUT2D eigenvalue weighted by Gasteiger charge is 2.16. The standard InChI is InChI=1S/C17H22ClN3/c1-13-6-5-9-16(18)17(13)19-12-14-10-11-21(20-14)15-7-3-2-4-8-15/h5-6,9-11,15,19H,2-4,7-8,12H2,1H3. The number of hydrogen-bond donors (Lipinski definition) is 1. The van der Waals surface area contributed by atoms with E-state index in [0.29, 0.717) is 12.6 Å². The number of aromatic nitrogens is 2. The van der Waals surface area contributed by atoms with E-state index in [0.717, 1.165) is 22.0 Å². The molecule has 2 aromatic rings. The fourth-order valence-electron chi connectivity index (χ4n) is 3.06. The highest BCUT2D eigenvalue weighted by molar-refractivity contribution is 6.33. The van der Waals surface area contributed by atoms with Crippen molar-refractivity contribution < 1.29 is 0 Å².